The first-order chi connectivity index (χ1) is 11.7. The van der Waals surface area contributed by atoms with E-state index in [4.69, 9.17) is 0 Å². The third kappa shape index (κ3) is 7.04. The highest BCUT2D eigenvalue weighted by Gasteiger charge is 2.16. The fraction of sp³-hybridized carbons (Fsp3) is 0.300. The van der Waals surface area contributed by atoms with Gasteiger partial charge in [0.15, 0.2) is 5.78 Å². The van der Waals surface area contributed by atoms with Crippen LogP contribution in [0.4, 0.5) is 5.69 Å². The van der Waals surface area contributed by atoms with Crippen LogP contribution in [0.1, 0.15) is 37.6 Å². The minimum absolute atomic E-state index is 0.000545. The second-order valence-corrected chi connectivity index (χ2v) is 9.00. The van der Waals surface area contributed by atoms with E-state index >= 15 is 0 Å². The largest absolute Gasteiger partial charge is 0.326 e. The number of thioether (sulfide) groups is 1. The quantitative estimate of drug-likeness (QED) is 0.475. The fourth-order valence-corrected chi connectivity index (χ4v) is 3.33. The number of carbonyl (C=O) groups excluding carboxylic acids is 2. The maximum absolute atomic E-state index is 12.2. The first-order valence-electron chi connectivity index (χ1n) is 8.04. The molecule has 0 radical (unpaired) electrons. The van der Waals surface area contributed by atoms with Crippen molar-refractivity contribution in [1.29, 1.82) is 0 Å². The number of nitrogens with one attached hydrogen (secondary N) is 1. The third-order valence-electron chi connectivity index (χ3n) is 3.34. The molecule has 0 fully saturated rings. The lowest BCUT2D eigenvalue weighted by atomic mass is 9.92. The highest BCUT2D eigenvalue weighted by molar-refractivity contribution is 9.10. The van der Waals surface area contributed by atoms with Crippen LogP contribution in [0.3, 0.4) is 0 Å². The van der Waals surface area contributed by atoms with E-state index in [9.17, 15) is 9.59 Å². The molecule has 0 aliphatic heterocycles. The lowest BCUT2D eigenvalue weighted by Gasteiger charge is -2.17. The van der Waals surface area contributed by atoms with Gasteiger partial charge >= 0.3 is 0 Å². The first-order valence-corrected chi connectivity index (χ1v) is 9.82. The zero-order valence-corrected chi connectivity index (χ0v) is 17.0. The van der Waals surface area contributed by atoms with Crippen LogP contribution >= 0.6 is 27.7 Å². The van der Waals surface area contributed by atoms with Crippen LogP contribution in [0.5, 0.6) is 0 Å². The van der Waals surface area contributed by atoms with Crippen LogP contribution in [-0.4, -0.2) is 17.4 Å². The smallest absolute Gasteiger partial charge is 0.224 e. The number of amides is 1. The van der Waals surface area contributed by atoms with Gasteiger partial charge in [0.1, 0.15) is 0 Å². The molecule has 0 bridgehead atoms. The Morgan fingerprint density at radius 3 is 2.40 bits per heavy atom. The molecular weight excluding hydrogens is 398 g/mol. The lowest BCUT2D eigenvalue weighted by molar-refractivity contribution is -0.117. The van der Waals surface area contributed by atoms with Crippen LogP contribution < -0.4 is 5.32 Å². The van der Waals surface area contributed by atoms with E-state index < -0.39 is 0 Å². The molecule has 3 nitrogen and oxygen atoms in total. The van der Waals surface area contributed by atoms with Gasteiger partial charge in [0.25, 0.3) is 0 Å². The summed E-state index contributed by atoms with van der Waals surface area (Å²) in [5, 5.41) is 2.92. The van der Waals surface area contributed by atoms with E-state index in [2.05, 4.69) is 21.2 Å². The second-order valence-electron chi connectivity index (χ2n) is 7.03. The topological polar surface area (TPSA) is 46.2 Å². The molecule has 0 saturated heterocycles. The third-order valence-corrected chi connectivity index (χ3v) is 4.87. The summed E-state index contributed by atoms with van der Waals surface area (Å²) in [6, 6.07) is 15.0. The Labute approximate surface area is 161 Å². The minimum atomic E-state index is -0.0481. The van der Waals surface area contributed by atoms with Crippen molar-refractivity contribution in [3.05, 3.63) is 58.6 Å². The van der Waals surface area contributed by atoms with Crippen molar-refractivity contribution >= 4 is 45.1 Å². The van der Waals surface area contributed by atoms with Crippen molar-refractivity contribution in [3.8, 4) is 0 Å². The van der Waals surface area contributed by atoms with Gasteiger partial charge in [0.05, 0.1) is 5.75 Å². The van der Waals surface area contributed by atoms with Crippen molar-refractivity contribution < 1.29 is 9.59 Å². The first kappa shape index (κ1) is 19.7. The molecule has 5 heteroatoms. The number of Topliss-reactive ketones (excluding diaryl/α,β-unsaturated/α-hetero) is 1. The normalized spacial score (nSPS) is 11.2. The van der Waals surface area contributed by atoms with Crippen molar-refractivity contribution in [2.24, 2.45) is 5.41 Å². The standard InChI is InChI=1S/C20H22BrNO2S/c1-20(2,3)12-19(24)22-16-5-4-6-17(11-16)25-13-18(23)14-7-9-15(21)10-8-14/h4-11H,12-13H2,1-3H3,(H,22,24). The summed E-state index contributed by atoms with van der Waals surface area (Å²) in [4.78, 5) is 25.2. The molecule has 0 spiro atoms. The van der Waals surface area contributed by atoms with Crippen LogP contribution in [0.2, 0.25) is 0 Å². The maximum atomic E-state index is 12.2. The second kappa shape index (κ2) is 8.68. The number of rotatable bonds is 6. The fourth-order valence-electron chi connectivity index (χ4n) is 2.22. The number of hydrogen-bond acceptors (Lipinski definition) is 3. The highest BCUT2D eigenvalue weighted by Crippen LogP contribution is 2.24. The van der Waals surface area contributed by atoms with E-state index in [0.717, 1.165) is 15.1 Å². The van der Waals surface area contributed by atoms with Crippen LogP contribution in [-0.2, 0) is 4.79 Å². The number of ketones is 1. The van der Waals surface area contributed by atoms with Gasteiger partial charge in [-0.2, -0.15) is 0 Å². The van der Waals surface area contributed by atoms with Crippen LogP contribution in [0, 0.1) is 5.41 Å². The predicted octanol–water partition coefficient (Wildman–Crippen LogP) is 5.80. The molecular formula is C20H22BrNO2S. The summed E-state index contributed by atoms with van der Waals surface area (Å²) < 4.78 is 0.954. The lowest BCUT2D eigenvalue weighted by Crippen LogP contribution is -2.19. The van der Waals surface area contributed by atoms with E-state index in [1.54, 1.807) is 0 Å². The molecule has 0 aliphatic rings. The Hall–Kier alpha value is -1.59. The van der Waals surface area contributed by atoms with Gasteiger partial charge in [-0.25, -0.2) is 0 Å². The van der Waals surface area contributed by atoms with Crippen LogP contribution in [0.25, 0.3) is 0 Å². The molecule has 1 amide bonds. The maximum Gasteiger partial charge on any atom is 0.224 e. The average molecular weight is 420 g/mol. The number of carbonyl (C=O) groups is 2. The molecule has 0 heterocycles. The Balaban J connectivity index is 1.93. The number of anilines is 1. The predicted molar refractivity (Wildman–Crippen MR) is 108 cm³/mol. The van der Waals surface area contributed by atoms with Gasteiger partial charge in [-0.3, -0.25) is 9.59 Å². The molecule has 2 aromatic rings. The molecule has 0 saturated carbocycles. The molecule has 2 aromatic carbocycles. The summed E-state index contributed by atoms with van der Waals surface area (Å²) >= 11 is 4.83. The van der Waals surface area contributed by atoms with Gasteiger partial charge in [0, 0.05) is 27.0 Å². The summed E-state index contributed by atoms with van der Waals surface area (Å²) in [6.45, 7) is 6.10. The van der Waals surface area contributed by atoms with E-state index in [1.165, 1.54) is 11.8 Å². The van der Waals surface area contributed by atoms with Crippen molar-refractivity contribution in [2.45, 2.75) is 32.1 Å². The Bertz CT molecular complexity index is 751. The van der Waals surface area contributed by atoms with Crippen LogP contribution in [0.15, 0.2) is 57.9 Å². The van der Waals surface area contributed by atoms with E-state index in [1.807, 2.05) is 69.3 Å². The van der Waals surface area contributed by atoms with E-state index in [-0.39, 0.29) is 17.1 Å². The molecule has 1 N–H and O–H groups in total. The molecule has 132 valence electrons. The molecule has 2 rings (SSSR count). The van der Waals surface area contributed by atoms with E-state index in [0.29, 0.717) is 17.7 Å². The van der Waals surface area contributed by atoms with Crippen molar-refractivity contribution in [2.75, 3.05) is 11.1 Å². The minimum Gasteiger partial charge on any atom is -0.326 e. The Morgan fingerprint density at radius 1 is 1.08 bits per heavy atom. The Kier molecular flexibility index (Phi) is 6.85. The summed E-state index contributed by atoms with van der Waals surface area (Å²) in [6.07, 6.45) is 0.465. The Morgan fingerprint density at radius 2 is 1.76 bits per heavy atom. The zero-order chi connectivity index (χ0) is 18.4. The number of hydrogen-bond donors (Lipinski definition) is 1. The molecule has 25 heavy (non-hydrogen) atoms. The van der Waals surface area contributed by atoms with Gasteiger partial charge in [0.2, 0.25) is 5.91 Å². The molecule has 0 aromatic heterocycles. The summed E-state index contributed by atoms with van der Waals surface area (Å²) in [5.74, 6) is 0.446. The molecule has 0 atom stereocenters. The number of halogens is 1. The SMILES string of the molecule is CC(C)(C)CC(=O)Nc1cccc(SCC(=O)c2ccc(Br)cc2)c1. The average Bonchev–Trinajstić information content (AvgIpc) is 2.52. The monoisotopic (exact) mass is 419 g/mol. The highest BCUT2D eigenvalue weighted by atomic mass is 79.9. The summed E-state index contributed by atoms with van der Waals surface area (Å²) in [7, 11) is 0. The van der Waals surface area contributed by atoms with Gasteiger partial charge < -0.3 is 5.32 Å². The van der Waals surface area contributed by atoms with Gasteiger partial charge in [-0.15, -0.1) is 11.8 Å². The number of benzene rings is 2. The molecule has 0 aliphatic carbocycles. The summed E-state index contributed by atoms with van der Waals surface area (Å²) in [5.41, 5.74) is 1.41. The van der Waals surface area contributed by atoms with Crippen molar-refractivity contribution in [3.63, 3.8) is 0 Å². The van der Waals surface area contributed by atoms with Crippen molar-refractivity contribution in [1.82, 2.24) is 0 Å². The van der Waals surface area contributed by atoms with Gasteiger partial charge in [-0.05, 0) is 35.7 Å². The van der Waals surface area contributed by atoms with Gasteiger partial charge in [-0.1, -0.05) is 54.9 Å². The zero-order valence-electron chi connectivity index (χ0n) is 14.6. The molecule has 0 unspecified atom stereocenters.